The van der Waals surface area contributed by atoms with E-state index in [0.29, 0.717) is 18.2 Å². The van der Waals surface area contributed by atoms with Gasteiger partial charge in [-0.25, -0.2) is 4.79 Å². The minimum Gasteiger partial charge on any atom is -0.452 e. The summed E-state index contributed by atoms with van der Waals surface area (Å²) in [6.45, 7) is 5.15. The van der Waals surface area contributed by atoms with Crippen molar-refractivity contribution in [2.75, 3.05) is 37.7 Å². The van der Waals surface area contributed by atoms with Gasteiger partial charge in [0.25, 0.3) is 11.6 Å². The average molecular weight is 420 g/mol. The highest BCUT2D eigenvalue weighted by molar-refractivity contribution is 5.93. The lowest BCUT2D eigenvalue weighted by Gasteiger charge is -2.32. The van der Waals surface area contributed by atoms with E-state index in [4.69, 9.17) is 4.74 Å². The second-order valence-electron chi connectivity index (χ2n) is 7.36. The first kappa shape index (κ1) is 23.1. The van der Waals surface area contributed by atoms with Crippen LogP contribution in [0.1, 0.15) is 43.5 Å². The number of carbonyl (C=O) groups is 3. The fourth-order valence-corrected chi connectivity index (χ4v) is 3.24. The highest BCUT2D eigenvalue weighted by atomic mass is 16.6. The molecule has 1 aliphatic heterocycles. The Morgan fingerprint density at radius 2 is 2.03 bits per heavy atom. The summed E-state index contributed by atoms with van der Waals surface area (Å²) in [6.07, 6.45) is 2.81. The van der Waals surface area contributed by atoms with E-state index in [-0.39, 0.29) is 23.7 Å². The smallest absolute Gasteiger partial charge is 0.338 e. The van der Waals surface area contributed by atoms with E-state index in [1.807, 2.05) is 11.8 Å². The molecule has 30 heavy (non-hydrogen) atoms. The number of hydrogen-bond acceptors (Lipinski definition) is 7. The summed E-state index contributed by atoms with van der Waals surface area (Å²) in [5.41, 5.74) is 0.290. The van der Waals surface area contributed by atoms with E-state index in [0.717, 1.165) is 32.4 Å². The van der Waals surface area contributed by atoms with Gasteiger partial charge in [-0.05, 0) is 37.3 Å². The van der Waals surface area contributed by atoms with Crippen LogP contribution in [0.4, 0.5) is 11.4 Å². The molecule has 1 aliphatic rings. The fraction of sp³-hybridized carbons (Fsp3) is 0.550. The Labute approximate surface area is 175 Å². The van der Waals surface area contributed by atoms with Crippen molar-refractivity contribution in [1.29, 1.82) is 0 Å². The molecular formula is C20H28N4O6. The second-order valence-corrected chi connectivity index (χ2v) is 7.36. The molecule has 10 heteroatoms. The van der Waals surface area contributed by atoms with Gasteiger partial charge in [0, 0.05) is 25.7 Å². The first-order valence-electron chi connectivity index (χ1n) is 10.1. The molecule has 0 unspecified atom stereocenters. The zero-order valence-corrected chi connectivity index (χ0v) is 17.3. The maximum Gasteiger partial charge on any atom is 0.338 e. The van der Waals surface area contributed by atoms with Gasteiger partial charge in [-0.15, -0.1) is 0 Å². The third-order valence-corrected chi connectivity index (χ3v) is 4.76. The number of nitrogens with one attached hydrogen (secondary N) is 2. The van der Waals surface area contributed by atoms with E-state index in [1.165, 1.54) is 12.1 Å². The van der Waals surface area contributed by atoms with E-state index in [2.05, 4.69) is 17.6 Å². The maximum atomic E-state index is 12.2. The molecule has 10 nitrogen and oxygen atoms in total. The first-order chi connectivity index (χ1) is 14.3. The van der Waals surface area contributed by atoms with Crippen molar-refractivity contribution in [3.63, 3.8) is 0 Å². The summed E-state index contributed by atoms with van der Waals surface area (Å²) in [5.74, 6) is -1.38. The number of anilines is 1. The molecule has 1 aromatic carbocycles. The monoisotopic (exact) mass is 420 g/mol. The predicted molar refractivity (Wildman–Crippen MR) is 110 cm³/mol. The Morgan fingerprint density at radius 3 is 2.70 bits per heavy atom. The van der Waals surface area contributed by atoms with Crippen LogP contribution in [-0.4, -0.2) is 55.5 Å². The highest BCUT2D eigenvalue weighted by Crippen LogP contribution is 2.32. The van der Waals surface area contributed by atoms with Crippen LogP contribution in [0.3, 0.4) is 0 Å². The summed E-state index contributed by atoms with van der Waals surface area (Å²) < 4.78 is 4.92. The van der Waals surface area contributed by atoms with Crippen LogP contribution in [0, 0.1) is 16.0 Å². The summed E-state index contributed by atoms with van der Waals surface area (Å²) >= 11 is 0. The highest BCUT2D eigenvalue weighted by Gasteiger charge is 2.25. The van der Waals surface area contributed by atoms with Crippen LogP contribution in [0.5, 0.6) is 0 Å². The standard InChI is InChI=1S/C20H28N4O6/c1-3-8-21-18(25)11-22-19(26)13-30-20(27)15-6-7-16(17(10-15)24(28)29)23-9-4-5-14(2)12-23/h6-7,10,14H,3-5,8-9,11-13H2,1-2H3,(H,21,25)(H,22,26)/t14-/m1/s1. The van der Waals surface area contributed by atoms with Gasteiger partial charge in [-0.3, -0.25) is 19.7 Å². The van der Waals surface area contributed by atoms with Crippen molar-refractivity contribution < 1.29 is 24.0 Å². The van der Waals surface area contributed by atoms with Crippen molar-refractivity contribution in [3.8, 4) is 0 Å². The molecule has 0 radical (unpaired) electrons. The number of piperidine rings is 1. The Bertz CT molecular complexity index is 798. The molecule has 0 bridgehead atoms. The number of benzene rings is 1. The van der Waals surface area contributed by atoms with Gasteiger partial charge in [0.2, 0.25) is 5.91 Å². The number of rotatable bonds is 9. The summed E-state index contributed by atoms with van der Waals surface area (Å²) in [6, 6.07) is 4.18. The third kappa shape index (κ3) is 6.71. The number of amides is 2. The Kier molecular flexibility index (Phi) is 8.57. The lowest BCUT2D eigenvalue weighted by molar-refractivity contribution is -0.384. The van der Waals surface area contributed by atoms with Crippen molar-refractivity contribution in [3.05, 3.63) is 33.9 Å². The minimum atomic E-state index is -0.845. The molecule has 0 saturated carbocycles. The van der Waals surface area contributed by atoms with Crippen molar-refractivity contribution in [2.24, 2.45) is 5.92 Å². The van der Waals surface area contributed by atoms with Crippen molar-refractivity contribution >= 4 is 29.2 Å². The normalized spacial score (nSPS) is 15.9. The lowest BCUT2D eigenvalue weighted by Crippen LogP contribution is -2.38. The number of carbonyl (C=O) groups excluding carboxylic acids is 3. The van der Waals surface area contributed by atoms with Crippen LogP contribution in [0.15, 0.2) is 18.2 Å². The molecule has 1 saturated heterocycles. The molecule has 0 aliphatic carbocycles. The van der Waals surface area contributed by atoms with Gasteiger partial charge in [0.1, 0.15) is 5.69 Å². The SMILES string of the molecule is CCCNC(=O)CNC(=O)COC(=O)c1ccc(N2CCC[C@@H](C)C2)c([N+](=O)[O-])c1. The molecule has 0 aromatic heterocycles. The number of ether oxygens (including phenoxy) is 1. The summed E-state index contributed by atoms with van der Waals surface area (Å²) in [5, 5.41) is 16.5. The van der Waals surface area contributed by atoms with Gasteiger partial charge in [-0.1, -0.05) is 13.8 Å². The van der Waals surface area contributed by atoms with E-state index >= 15 is 0 Å². The first-order valence-corrected chi connectivity index (χ1v) is 10.1. The number of nitrogens with zero attached hydrogens (tertiary/aromatic N) is 2. The van der Waals surface area contributed by atoms with Gasteiger partial charge in [0.05, 0.1) is 17.0 Å². The molecule has 1 fully saturated rings. The molecule has 1 aromatic rings. The zero-order chi connectivity index (χ0) is 22.1. The van der Waals surface area contributed by atoms with Crippen LogP contribution >= 0.6 is 0 Å². The van der Waals surface area contributed by atoms with Crippen LogP contribution < -0.4 is 15.5 Å². The summed E-state index contributed by atoms with van der Waals surface area (Å²) in [7, 11) is 0. The fourth-order valence-electron chi connectivity index (χ4n) is 3.24. The van der Waals surface area contributed by atoms with Gasteiger partial charge >= 0.3 is 5.97 Å². The van der Waals surface area contributed by atoms with E-state index in [1.54, 1.807) is 6.07 Å². The van der Waals surface area contributed by atoms with Crippen molar-refractivity contribution in [1.82, 2.24) is 10.6 Å². The van der Waals surface area contributed by atoms with Crippen LogP contribution in [0.25, 0.3) is 0 Å². The lowest BCUT2D eigenvalue weighted by atomic mass is 9.99. The van der Waals surface area contributed by atoms with Crippen LogP contribution in [0.2, 0.25) is 0 Å². The molecule has 2 amide bonds. The van der Waals surface area contributed by atoms with E-state index < -0.39 is 23.4 Å². The van der Waals surface area contributed by atoms with Crippen LogP contribution in [-0.2, 0) is 14.3 Å². The minimum absolute atomic E-state index is 0.0102. The van der Waals surface area contributed by atoms with Gasteiger partial charge in [-0.2, -0.15) is 0 Å². The number of nitro benzene ring substituents is 1. The van der Waals surface area contributed by atoms with E-state index in [9.17, 15) is 24.5 Å². The number of esters is 1. The van der Waals surface area contributed by atoms with Gasteiger partial charge in [0.15, 0.2) is 6.61 Å². The molecule has 0 spiro atoms. The quantitative estimate of drug-likeness (QED) is 0.353. The predicted octanol–water partition coefficient (Wildman–Crippen LogP) is 1.63. The topological polar surface area (TPSA) is 131 Å². The molecule has 164 valence electrons. The van der Waals surface area contributed by atoms with Crippen molar-refractivity contribution in [2.45, 2.75) is 33.1 Å². The molecule has 2 N–H and O–H groups in total. The average Bonchev–Trinajstić information content (AvgIpc) is 2.74. The number of nitro groups is 1. The Hall–Kier alpha value is -3.17. The zero-order valence-electron chi connectivity index (χ0n) is 17.3. The largest absolute Gasteiger partial charge is 0.452 e. The number of hydrogen-bond donors (Lipinski definition) is 2. The Balaban J connectivity index is 1.95. The maximum absolute atomic E-state index is 12.2. The molecule has 2 rings (SSSR count). The van der Waals surface area contributed by atoms with Gasteiger partial charge < -0.3 is 20.3 Å². The molecule has 1 heterocycles. The molecule has 1 atom stereocenters. The molecular weight excluding hydrogens is 392 g/mol. The Morgan fingerprint density at radius 1 is 1.27 bits per heavy atom. The third-order valence-electron chi connectivity index (χ3n) is 4.76. The summed E-state index contributed by atoms with van der Waals surface area (Å²) in [4.78, 5) is 48.4. The second kappa shape index (κ2) is 11.1.